The summed E-state index contributed by atoms with van der Waals surface area (Å²) in [5.74, 6) is -1.76. The maximum Gasteiger partial charge on any atom is 0.490 e. The molecule has 0 aliphatic carbocycles. The zero-order chi connectivity index (χ0) is 21.5. The van der Waals surface area contributed by atoms with Crippen LogP contribution >= 0.6 is 23.5 Å². The monoisotopic (exact) mass is 471 g/mol. The van der Waals surface area contributed by atoms with Crippen LogP contribution in [0.2, 0.25) is 0 Å². The summed E-state index contributed by atoms with van der Waals surface area (Å²) in [4.78, 5) is 39.6. The van der Waals surface area contributed by atoms with E-state index >= 15 is 0 Å². The molecule has 6 N–H and O–H groups in total. The predicted octanol–water partition coefficient (Wildman–Crippen LogP) is 0.695. The number of alkyl halides is 1. The number of amidine groups is 1. The van der Waals surface area contributed by atoms with Crippen LogP contribution in [-0.2, 0) is 31.6 Å². The molecule has 28 heavy (non-hydrogen) atoms. The van der Waals surface area contributed by atoms with Crippen molar-refractivity contribution in [1.29, 1.82) is 0 Å². The average molecular weight is 471 g/mol. The van der Waals surface area contributed by atoms with Crippen molar-refractivity contribution in [1.82, 2.24) is 4.90 Å². The highest BCUT2D eigenvalue weighted by Gasteiger charge is 2.47. The Labute approximate surface area is 155 Å². The standard InChI is InChI=1S/C9H14F2N3O11P3/c1-4-13-8(12)6(11)3-14(4)9-5(10)2-7(22-9)23-27(18,19)25-28(20,21)24-26(15,16)17/h3,5,7,9H,1-2H2,(H2,12,13)(H,18,19)(H,20,21)(H2,15,16,17)/t5?,7-,9-/m1/s1. The zero-order valence-electron chi connectivity index (χ0n) is 13.4. The van der Waals surface area contributed by atoms with E-state index in [1.54, 1.807) is 0 Å². The first-order chi connectivity index (χ1) is 12.6. The number of rotatable bonds is 7. The molecule has 2 aliphatic heterocycles. The van der Waals surface area contributed by atoms with Crippen LogP contribution in [0.4, 0.5) is 8.78 Å². The summed E-state index contributed by atoms with van der Waals surface area (Å²) in [5.41, 5.74) is 5.23. The lowest BCUT2D eigenvalue weighted by atomic mass is 10.2. The molecule has 2 aliphatic rings. The summed E-state index contributed by atoms with van der Waals surface area (Å²) in [6, 6.07) is 0. The van der Waals surface area contributed by atoms with Gasteiger partial charge in [-0.15, -0.1) is 0 Å². The molecule has 2 heterocycles. The maximum atomic E-state index is 14.2. The van der Waals surface area contributed by atoms with Crippen LogP contribution in [0.1, 0.15) is 6.42 Å². The molecule has 5 atom stereocenters. The second-order valence-electron chi connectivity index (χ2n) is 5.20. The Morgan fingerprint density at radius 3 is 2.43 bits per heavy atom. The normalized spacial score (nSPS) is 30.4. The van der Waals surface area contributed by atoms with Gasteiger partial charge in [0.05, 0.1) is 0 Å². The molecule has 14 nitrogen and oxygen atoms in total. The maximum absolute atomic E-state index is 14.2. The molecule has 0 radical (unpaired) electrons. The van der Waals surface area contributed by atoms with E-state index in [1.807, 2.05) is 0 Å². The lowest BCUT2D eigenvalue weighted by Gasteiger charge is -2.30. The third-order valence-electron chi connectivity index (χ3n) is 3.00. The van der Waals surface area contributed by atoms with Gasteiger partial charge in [0.15, 0.2) is 30.4 Å². The van der Waals surface area contributed by atoms with Crippen molar-refractivity contribution in [2.45, 2.75) is 25.1 Å². The fraction of sp³-hybridized carbons (Fsp3) is 0.444. The van der Waals surface area contributed by atoms with Gasteiger partial charge in [-0.1, -0.05) is 6.58 Å². The van der Waals surface area contributed by atoms with Crippen molar-refractivity contribution in [3.8, 4) is 0 Å². The number of phosphoric ester groups is 1. The van der Waals surface area contributed by atoms with Gasteiger partial charge in [0.1, 0.15) is 5.82 Å². The van der Waals surface area contributed by atoms with E-state index in [4.69, 9.17) is 25.2 Å². The van der Waals surface area contributed by atoms with Crippen LogP contribution in [0.25, 0.3) is 0 Å². The van der Waals surface area contributed by atoms with E-state index < -0.39 is 60.2 Å². The first kappa shape index (κ1) is 23.3. The number of halogens is 2. The molecular formula is C9H14F2N3O11P3. The number of nitrogens with two attached hydrogens (primary N) is 1. The van der Waals surface area contributed by atoms with Crippen LogP contribution in [0.3, 0.4) is 0 Å². The van der Waals surface area contributed by atoms with Gasteiger partial charge in [-0.2, -0.15) is 8.62 Å². The Balaban J connectivity index is 2.05. The van der Waals surface area contributed by atoms with Gasteiger partial charge in [-0.25, -0.2) is 27.5 Å². The van der Waals surface area contributed by atoms with Crippen LogP contribution < -0.4 is 5.73 Å². The average Bonchev–Trinajstić information content (AvgIpc) is 2.78. The number of phosphoric acid groups is 3. The lowest BCUT2D eigenvalue weighted by molar-refractivity contribution is -0.120. The van der Waals surface area contributed by atoms with Gasteiger partial charge in [0.2, 0.25) is 0 Å². The first-order valence-electron chi connectivity index (χ1n) is 6.89. The highest BCUT2D eigenvalue weighted by Crippen LogP contribution is 2.66. The van der Waals surface area contributed by atoms with Gasteiger partial charge in [-0.05, 0) is 0 Å². The molecule has 3 unspecified atom stereocenters. The first-order valence-corrected chi connectivity index (χ1v) is 11.4. The van der Waals surface area contributed by atoms with Crippen molar-refractivity contribution >= 4 is 29.3 Å². The molecule has 0 aromatic rings. The number of aliphatic imine (C=N–C) groups is 1. The second-order valence-corrected chi connectivity index (χ2v) is 9.57. The largest absolute Gasteiger partial charge is 0.490 e. The van der Waals surface area contributed by atoms with E-state index in [0.29, 0.717) is 0 Å². The topological polar surface area (TPSA) is 211 Å². The van der Waals surface area contributed by atoms with E-state index in [2.05, 4.69) is 24.7 Å². The van der Waals surface area contributed by atoms with E-state index in [1.165, 1.54) is 0 Å². The quantitative estimate of drug-likeness (QED) is 0.324. The predicted molar refractivity (Wildman–Crippen MR) is 84.9 cm³/mol. The number of ether oxygens (including phenoxy) is 1. The second kappa shape index (κ2) is 8.01. The van der Waals surface area contributed by atoms with Gasteiger partial charge in [0, 0.05) is 12.6 Å². The number of nitrogens with zero attached hydrogens (tertiary/aromatic N) is 2. The Morgan fingerprint density at radius 2 is 1.86 bits per heavy atom. The number of hydrogen-bond donors (Lipinski definition) is 5. The summed E-state index contributed by atoms with van der Waals surface area (Å²) in [6.45, 7) is 3.41. The van der Waals surface area contributed by atoms with Crippen LogP contribution in [-0.4, -0.2) is 49.0 Å². The Bertz CT molecular complexity index is 859. The van der Waals surface area contributed by atoms with Crippen LogP contribution in [0.15, 0.2) is 29.4 Å². The van der Waals surface area contributed by atoms with Crippen LogP contribution in [0, 0.1) is 0 Å². The van der Waals surface area contributed by atoms with E-state index in [0.717, 1.165) is 11.1 Å². The highest BCUT2D eigenvalue weighted by molar-refractivity contribution is 7.66. The summed E-state index contributed by atoms with van der Waals surface area (Å²) in [5, 5.41) is 0. The molecule has 160 valence electrons. The Hall–Kier alpha value is -1.02. The molecule has 0 aromatic heterocycles. The SMILES string of the molecule is C=C1N=C(N)C(F)=CN1[C@@H]1O[C@H](OP(=O)(O)OP(=O)(O)OP(=O)(O)O)CC1F. The molecule has 0 aromatic carbocycles. The molecular weight excluding hydrogens is 457 g/mol. The minimum Gasteiger partial charge on any atom is -0.381 e. The summed E-state index contributed by atoms with van der Waals surface area (Å²) in [6.07, 6.45) is -5.40. The number of hydrogen-bond acceptors (Lipinski definition) is 10. The third-order valence-corrected chi connectivity index (χ3v) is 6.83. The van der Waals surface area contributed by atoms with Gasteiger partial charge < -0.3 is 34.9 Å². The molecule has 1 fully saturated rings. The van der Waals surface area contributed by atoms with Gasteiger partial charge >= 0.3 is 23.5 Å². The van der Waals surface area contributed by atoms with Crippen molar-refractivity contribution in [2.24, 2.45) is 10.7 Å². The zero-order valence-corrected chi connectivity index (χ0v) is 16.1. The van der Waals surface area contributed by atoms with Crippen molar-refractivity contribution in [3.05, 3.63) is 24.4 Å². The molecule has 0 bridgehead atoms. The van der Waals surface area contributed by atoms with Crippen molar-refractivity contribution in [3.63, 3.8) is 0 Å². The molecule has 0 amide bonds. The van der Waals surface area contributed by atoms with Gasteiger partial charge in [-0.3, -0.25) is 4.52 Å². The molecule has 19 heteroatoms. The molecule has 1 saturated heterocycles. The highest BCUT2D eigenvalue weighted by atomic mass is 31.3. The Morgan fingerprint density at radius 1 is 1.25 bits per heavy atom. The fourth-order valence-corrected chi connectivity index (χ4v) is 5.18. The minimum absolute atomic E-state index is 0.217. The summed E-state index contributed by atoms with van der Waals surface area (Å²) >= 11 is 0. The third kappa shape index (κ3) is 6.24. The molecule has 2 rings (SSSR count). The minimum atomic E-state index is -5.74. The van der Waals surface area contributed by atoms with Gasteiger partial charge in [0.25, 0.3) is 0 Å². The summed E-state index contributed by atoms with van der Waals surface area (Å²) in [7, 11) is -16.8. The van der Waals surface area contributed by atoms with E-state index in [9.17, 15) is 27.4 Å². The molecule has 0 spiro atoms. The fourth-order valence-electron chi connectivity index (χ4n) is 2.09. The smallest absolute Gasteiger partial charge is 0.381 e. The van der Waals surface area contributed by atoms with Crippen molar-refractivity contribution < 1.29 is 59.9 Å². The van der Waals surface area contributed by atoms with Crippen LogP contribution in [0.5, 0.6) is 0 Å². The molecule has 0 saturated carbocycles. The van der Waals surface area contributed by atoms with Crippen molar-refractivity contribution in [2.75, 3.05) is 0 Å². The Kier molecular flexibility index (Phi) is 6.66. The summed E-state index contributed by atoms with van der Waals surface area (Å²) < 4.78 is 77.6. The van der Waals surface area contributed by atoms with E-state index in [-0.39, 0.29) is 5.82 Å². The lowest BCUT2D eigenvalue weighted by Crippen LogP contribution is -2.38.